The molecule has 0 fully saturated rings. The Hall–Kier alpha value is -2.47. The molecule has 8 nitrogen and oxygen atoms in total. The molecule has 1 aromatic carbocycles. The van der Waals surface area contributed by atoms with Gasteiger partial charge in [0.2, 0.25) is 0 Å². The second-order valence-corrected chi connectivity index (χ2v) is 2.11. The summed E-state index contributed by atoms with van der Waals surface area (Å²) in [5.74, 6) is 0. The molecular weight excluding hydrogens is 188 g/mol. The van der Waals surface area contributed by atoms with Gasteiger partial charge in [0.15, 0.2) is 5.69 Å². The zero-order valence-corrected chi connectivity index (χ0v) is 6.81. The molecular formula is C6H4N6O2. The van der Waals surface area contributed by atoms with E-state index in [0.29, 0.717) is 0 Å². The maximum Gasteiger partial charge on any atom is 0.298 e. The minimum atomic E-state index is -0.593. The largest absolute Gasteiger partial charge is 0.298 e. The van der Waals surface area contributed by atoms with Crippen LogP contribution < -0.4 is 0 Å². The summed E-state index contributed by atoms with van der Waals surface area (Å²) >= 11 is 0. The van der Waals surface area contributed by atoms with E-state index in [0.717, 1.165) is 0 Å². The number of nitrogens with zero attached hydrogens (tertiary/aromatic N) is 6. The minimum absolute atomic E-state index is 0.0462. The van der Waals surface area contributed by atoms with Crippen LogP contribution in [0.1, 0.15) is 0 Å². The van der Waals surface area contributed by atoms with Crippen LogP contribution in [0.15, 0.2) is 39.8 Å². The summed E-state index contributed by atoms with van der Waals surface area (Å²) < 4.78 is 0. The fourth-order valence-corrected chi connectivity index (χ4v) is 0.789. The minimum Gasteiger partial charge on any atom is -0.258 e. The second-order valence-electron chi connectivity index (χ2n) is 2.11. The monoisotopic (exact) mass is 192 g/mol. The van der Waals surface area contributed by atoms with Gasteiger partial charge in [-0.1, -0.05) is 12.1 Å². The highest BCUT2D eigenvalue weighted by molar-refractivity contribution is 5.56. The molecule has 0 aliphatic heterocycles. The first-order chi connectivity index (χ1) is 6.75. The van der Waals surface area contributed by atoms with Gasteiger partial charge in [0, 0.05) is 6.07 Å². The van der Waals surface area contributed by atoms with Gasteiger partial charge in [-0.05, 0) is 11.2 Å². The summed E-state index contributed by atoms with van der Waals surface area (Å²) in [6.45, 7) is 0. The molecule has 0 N–H and O–H groups in total. The van der Waals surface area contributed by atoms with Crippen LogP contribution in [0, 0.1) is 10.1 Å². The Bertz CT molecular complexity index is 422. The smallest absolute Gasteiger partial charge is 0.258 e. The summed E-state index contributed by atoms with van der Waals surface area (Å²) in [6, 6.07) is 5.75. The molecule has 0 aliphatic carbocycles. The lowest BCUT2D eigenvalue weighted by Gasteiger charge is -1.91. The van der Waals surface area contributed by atoms with E-state index in [1.165, 1.54) is 18.2 Å². The predicted octanol–water partition coefficient (Wildman–Crippen LogP) is 2.90. The molecule has 0 unspecified atom stereocenters. The van der Waals surface area contributed by atoms with E-state index in [4.69, 9.17) is 5.53 Å². The van der Waals surface area contributed by atoms with Crippen molar-refractivity contribution in [2.75, 3.05) is 0 Å². The molecule has 0 saturated heterocycles. The number of rotatable bonds is 3. The summed E-state index contributed by atoms with van der Waals surface area (Å²) in [6.07, 6.45) is 0. The van der Waals surface area contributed by atoms with Crippen molar-refractivity contribution in [1.29, 1.82) is 0 Å². The number of azide groups is 1. The van der Waals surface area contributed by atoms with Crippen LogP contribution in [-0.4, -0.2) is 4.92 Å². The van der Waals surface area contributed by atoms with E-state index in [1.54, 1.807) is 6.07 Å². The molecule has 0 radical (unpaired) electrons. The van der Waals surface area contributed by atoms with E-state index in [-0.39, 0.29) is 11.4 Å². The van der Waals surface area contributed by atoms with Crippen molar-refractivity contribution in [3.63, 3.8) is 0 Å². The molecule has 0 atom stereocenters. The third-order valence-corrected chi connectivity index (χ3v) is 1.31. The van der Waals surface area contributed by atoms with Gasteiger partial charge in [0.1, 0.15) is 5.22 Å². The van der Waals surface area contributed by atoms with Gasteiger partial charge >= 0.3 is 0 Å². The average Bonchev–Trinajstić information content (AvgIpc) is 2.19. The van der Waals surface area contributed by atoms with Crippen molar-refractivity contribution in [1.82, 2.24) is 0 Å². The number of nitro benzene ring substituents is 1. The molecule has 0 heterocycles. The Morgan fingerprint density at radius 2 is 2.14 bits per heavy atom. The summed E-state index contributed by atoms with van der Waals surface area (Å²) in [5, 5.41) is 19.7. The highest BCUT2D eigenvalue weighted by Gasteiger charge is 2.12. The molecule has 8 heteroatoms. The van der Waals surface area contributed by atoms with Gasteiger partial charge < -0.3 is 0 Å². The van der Waals surface area contributed by atoms with E-state index < -0.39 is 4.92 Å². The Morgan fingerprint density at radius 3 is 2.79 bits per heavy atom. The first-order valence-electron chi connectivity index (χ1n) is 3.44. The molecule has 1 rings (SSSR count). The molecule has 1 aromatic rings. The second kappa shape index (κ2) is 4.53. The lowest BCUT2D eigenvalue weighted by Crippen LogP contribution is -1.86. The third kappa shape index (κ3) is 2.26. The number of benzene rings is 1. The van der Waals surface area contributed by atoms with Gasteiger partial charge in [-0.25, -0.2) is 0 Å². The highest BCUT2D eigenvalue weighted by atomic mass is 16.6. The van der Waals surface area contributed by atoms with Crippen LogP contribution in [0.2, 0.25) is 0 Å². The molecule has 0 amide bonds. The van der Waals surface area contributed by atoms with Gasteiger partial charge in [0.25, 0.3) is 5.69 Å². The standard InChI is InChI=1S/C6H4N6O2/c7-9-11-10-8-5-3-1-2-4-6(5)12(13)14/h1-4H. The third-order valence-electron chi connectivity index (χ3n) is 1.31. The van der Waals surface area contributed by atoms with Crippen LogP contribution in [0.25, 0.3) is 10.4 Å². The van der Waals surface area contributed by atoms with Crippen LogP contribution in [0.3, 0.4) is 0 Å². The van der Waals surface area contributed by atoms with Crippen molar-refractivity contribution < 1.29 is 4.92 Å². The van der Waals surface area contributed by atoms with Crippen LogP contribution >= 0.6 is 0 Å². The highest BCUT2D eigenvalue weighted by Crippen LogP contribution is 2.26. The summed E-state index contributed by atoms with van der Waals surface area (Å²) in [5.41, 5.74) is 7.75. The Labute approximate surface area is 77.6 Å². The van der Waals surface area contributed by atoms with Gasteiger partial charge in [-0.2, -0.15) is 4.91 Å². The number of para-hydroxylation sites is 1. The van der Waals surface area contributed by atoms with Gasteiger partial charge in [-0.15, -0.1) is 5.53 Å². The first kappa shape index (κ1) is 9.62. The van der Waals surface area contributed by atoms with Crippen LogP contribution in [-0.2, 0) is 0 Å². The Morgan fingerprint density at radius 1 is 1.43 bits per heavy atom. The first-order valence-corrected chi connectivity index (χ1v) is 3.44. The quantitative estimate of drug-likeness (QED) is 0.240. The zero-order chi connectivity index (χ0) is 10.4. The number of hydrogen-bond donors (Lipinski definition) is 0. The Balaban J connectivity index is 3.07. The summed E-state index contributed by atoms with van der Waals surface area (Å²) in [7, 11) is 0. The molecule has 0 spiro atoms. The predicted molar refractivity (Wildman–Crippen MR) is 46.8 cm³/mol. The average molecular weight is 192 g/mol. The van der Waals surface area contributed by atoms with E-state index >= 15 is 0 Å². The molecule has 0 aliphatic rings. The molecule has 0 bridgehead atoms. The molecule has 0 aromatic heterocycles. The molecule has 14 heavy (non-hydrogen) atoms. The van der Waals surface area contributed by atoms with E-state index in [1.807, 2.05) is 0 Å². The van der Waals surface area contributed by atoms with Crippen LogP contribution in [0.4, 0.5) is 11.4 Å². The van der Waals surface area contributed by atoms with Crippen molar-refractivity contribution >= 4 is 11.4 Å². The lowest BCUT2D eigenvalue weighted by atomic mass is 10.3. The van der Waals surface area contributed by atoms with E-state index in [2.05, 4.69) is 20.5 Å². The van der Waals surface area contributed by atoms with Crippen molar-refractivity contribution in [3.05, 3.63) is 44.8 Å². The SMILES string of the molecule is [N-]=[N+]=NN=Nc1ccccc1[N+](=O)[O-]. The van der Waals surface area contributed by atoms with E-state index in [9.17, 15) is 10.1 Å². The van der Waals surface area contributed by atoms with Crippen LogP contribution in [0.5, 0.6) is 0 Å². The topological polar surface area (TPSA) is 117 Å². The molecule has 70 valence electrons. The fourth-order valence-electron chi connectivity index (χ4n) is 0.789. The fraction of sp³-hybridized carbons (Fsp3) is 0. The number of nitro groups is 1. The van der Waals surface area contributed by atoms with Gasteiger partial charge in [-0.3, -0.25) is 10.1 Å². The maximum absolute atomic E-state index is 10.5. The normalized spacial score (nSPS) is 9.71. The van der Waals surface area contributed by atoms with Crippen molar-refractivity contribution in [3.8, 4) is 0 Å². The zero-order valence-electron chi connectivity index (χ0n) is 6.81. The Kier molecular flexibility index (Phi) is 3.11. The molecule has 0 saturated carbocycles. The number of hydrogen-bond acceptors (Lipinski definition) is 3. The van der Waals surface area contributed by atoms with Crippen molar-refractivity contribution in [2.24, 2.45) is 15.6 Å². The lowest BCUT2D eigenvalue weighted by molar-refractivity contribution is -0.384. The van der Waals surface area contributed by atoms with Gasteiger partial charge in [0.05, 0.1) is 10.1 Å². The van der Waals surface area contributed by atoms with Crippen molar-refractivity contribution in [2.45, 2.75) is 0 Å². The summed E-state index contributed by atoms with van der Waals surface area (Å²) in [4.78, 5) is 12.2. The maximum atomic E-state index is 10.5.